The Hall–Kier alpha value is -3.77. The first-order chi connectivity index (χ1) is 18.6. The van der Waals surface area contributed by atoms with Crippen molar-refractivity contribution in [2.24, 2.45) is 17.4 Å². The summed E-state index contributed by atoms with van der Waals surface area (Å²) in [5.41, 5.74) is 13.1. The molecule has 0 aliphatic rings. The van der Waals surface area contributed by atoms with Crippen LogP contribution < -0.4 is 27.4 Å². The van der Waals surface area contributed by atoms with Crippen LogP contribution in [-0.2, 0) is 32.0 Å². The lowest BCUT2D eigenvalue weighted by atomic mass is 10.00. The number of carbonyl (C=O) groups excluding carboxylic acids is 3. The third kappa shape index (κ3) is 11.2. The molecule has 12 heteroatoms. The van der Waals surface area contributed by atoms with Crippen molar-refractivity contribution in [3.63, 3.8) is 0 Å². The zero-order chi connectivity index (χ0) is 28.8. The summed E-state index contributed by atoms with van der Waals surface area (Å²) in [5.74, 6) is -2.84. The summed E-state index contributed by atoms with van der Waals surface area (Å²) in [7, 11) is 0. The van der Waals surface area contributed by atoms with Crippen molar-refractivity contribution in [1.29, 1.82) is 0 Å². The number of carboxylic acids is 1. The smallest absolute Gasteiger partial charge is 0.326 e. The molecular weight excluding hydrogens is 502 g/mol. The minimum absolute atomic E-state index is 0.0200. The number of aromatic nitrogens is 2. The number of imidazole rings is 1. The summed E-state index contributed by atoms with van der Waals surface area (Å²) >= 11 is 0. The van der Waals surface area contributed by atoms with Crippen molar-refractivity contribution >= 4 is 23.7 Å². The number of carboxylic acid groups (broad SMARTS) is 1. The Morgan fingerprint density at radius 3 is 2.15 bits per heavy atom. The van der Waals surface area contributed by atoms with Gasteiger partial charge in [0.2, 0.25) is 17.7 Å². The van der Waals surface area contributed by atoms with Gasteiger partial charge in [0.05, 0.1) is 12.4 Å². The van der Waals surface area contributed by atoms with Crippen LogP contribution >= 0.6 is 0 Å². The van der Waals surface area contributed by atoms with Crippen molar-refractivity contribution in [3.05, 3.63) is 54.1 Å². The molecule has 9 N–H and O–H groups in total. The molecule has 39 heavy (non-hydrogen) atoms. The second kappa shape index (κ2) is 16.2. The quantitative estimate of drug-likeness (QED) is 0.137. The van der Waals surface area contributed by atoms with Crippen LogP contribution in [0.2, 0.25) is 0 Å². The van der Waals surface area contributed by atoms with Crippen molar-refractivity contribution in [2.45, 2.75) is 76.5 Å². The molecule has 2 aromatic rings. The van der Waals surface area contributed by atoms with E-state index in [1.165, 1.54) is 6.33 Å². The van der Waals surface area contributed by atoms with Crippen LogP contribution in [0.15, 0.2) is 42.9 Å². The van der Waals surface area contributed by atoms with Gasteiger partial charge in [0, 0.05) is 24.7 Å². The Labute approximate surface area is 228 Å². The Morgan fingerprint density at radius 2 is 1.56 bits per heavy atom. The lowest BCUT2D eigenvalue weighted by molar-refractivity contribution is -0.142. The lowest BCUT2D eigenvalue weighted by Gasteiger charge is -2.26. The summed E-state index contributed by atoms with van der Waals surface area (Å²) < 4.78 is 0. The molecule has 0 fully saturated rings. The molecule has 1 aromatic carbocycles. The highest BCUT2D eigenvalue weighted by Gasteiger charge is 2.31. The fourth-order valence-corrected chi connectivity index (χ4v) is 4.06. The molecule has 4 unspecified atom stereocenters. The molecular formula is C27H41N7O5. The summed E-state index contributed by atoms with van der Waals surface area (Å²) in [6.07, 6.45) is 5.09. The van der Waals surface area contributed by atoms with Crippen LogP contribution in [0.3, 0.4) is 0 Å². The first kappa shape index (κ1) is 31.4. The van der Waals surface area contributed by atoms with E-state index in [-0.39, 0.29) is 31.6 Å². The fraction of sp³-hybridized carbons (Fsp3) is 0.519. The summed E-state index contributed by atoms with van der Waals surface area (Å²) in [4.78, 5) is 58.0. The third-order valence-electron chi connectivity index (χ3n) is 6.15. The Kier molecular flexibility index (Phi) is 13.1. The third-order valence-corrected chi connectivity index (χ3v) is 6.15. The monoisotopic (exact) mass is 543 g/mol. The van der Waals surface area contributed by atoms with E-state index >= 15 is 0 Å². The number of hydrogen-bond acceptors (Lipinski definition) is 7. The van der Waals surface area contributed by atoms with Crippen LogP contribution in [-0.4, -0.2) is 69.5 Å². The number of amides is 3. The highest BCUT2D eigenvalue weighted by molar-refractivity contribution is 5.94. The maximum atomic E-state index is 13.5. The number of nitrogens with two attached hydrogens (primary N) is 2. The lowest BCUT2D eigenvalue weighted by Crippen LogP contribution is -2.58. The zero-order valence-corrected chi connectivity index (χ0v) is 22.6. The van der Waals surface area contributed by atoms with Gasteiger partial charge < -0.3 is 37.5 Å². The molecule has 214 valence electrons. The highest BCUT2D eigenvalue weighted by Crippen LogP contribution is 2.10. The van der Waals surface area contributed by atoms with Gasteiger partial charge in [0.25, 0.3) is 0 Å². The van der Waals surface area contributed by atoms with E-state index in [0.717, 1.165) is 5.56 Å². The Balaban J connectivity index is 2.17. The predicted molar refractivity (Wildman–Crippen MR) is 146 cm³/mol. The number of rotatable bonds is 17. The normalized spacial score (nSPS) is 14.2. The molecule has 12 nitrogen and oxygen atoms in total. The van der Waals surface area contributed by atoms with E-state index in [9.17, 15) is 24.3 Å². The van der Waals surface area contributed by atoms with E-state index < -0.39 is 47.9 Å². The minimum Gasteiger partial charge on any atom is -0.480 e. The zero-order valence-electron chi connectivity index (χ0n) is 22.6. The number of unbranched alkanes of at least 4 members (excludes halogenated alkanes) is 1. The molecule has 0 spiro atoms. The first-order valence-corrected chi connectivity index (χ1v) is 13.2. The largest absolute Gasteiger partial charge is 0.480 e. The van der Waals surface area contributed by atoms with Crippen molar-refractivity contribution < 1.29 is 24.3 Å². The topological polar surface area (TPSA) is 205 Å². The maximum absolute atomic E-state index is 13.5. The van der Waals surface area contributed by atoms with E-state index in [1.807, 2.05) is 44.2 Å². The van der Waals surface area contributed by atoms with Gasteiger partial charge in [0.1, 0.15) is 18.1 Å². The number of aliphatic carboxylic acids is 1. The van der Waals surface area contributed by atoms with E-state index in [1.54, 1.807) is 6.20 Å². The molecule has 0 radical (unpaired) electrons. The van der Waals surface area contributed by atoms with Crippen LogP contribution in [0.4, 0.5) is 0 Å². The summed E-state index contributed by atoms with van der Waals surface area (Å²) in [6, 6.07) is 5.09. The molecule has 3 amide bonds. The van der Waals surface area contributed by atoms with Crippen LogP contribution in [0.25, 0.3) is 0 Å². The van der Waals surface area contributed by atoms with Gasteiger partial charge in [-0.2, -0.15) is 0 Å². The van der Waals surface area contributed by atoms with Crippen molar-refractivity contribution in [1.82, 2.24) is 25.9 Å². The Morgan fingerprint density at radius 1 is 0.923 bits per heavy atom. The standard InChI is InChI=1S/C27H41N7O5/c1-17(2)12-22(25(36)32-21(27(38)39)10-6-7-11-28)34-26(37)23(13-18-8-4-3-5-9-18)33-24(35)20(29)14-19-15-30-16-31-19/h3-5,8-9,15-17,20-23H,6-7,10-14,28-29H2,1-2H3,(H,30,31)(H,32,36)(H,33,35)(H,34,37)(H,38,39). The average Bonchev–Trinajstić information content (AvgIpc) is 3.40. The predicted octanol–water partition coefficient (Wildman–Crippen LogP) is 0.236. The number of hydrogen-bond donors (Lipinski definition) is 7. The van der Waals surface area contributed by atoms with Gasteiger partial charge in [-0.1, -0.05) is 44.2 Å². The highest BCUT2D eigenvalue weighted by atomic mass is 16.4. The first-order valence-electron chi connectivity index (χ1n) is 13.2. The number of nitrogens with zero attached hydrogens (tertiary/aromatic N) is 1. The molecule has 0 saturated heterocycles. The van der Waals surface area contributed by atoms with Crippen LogP contribution in [0.5, 0.6) is 0 Å². The second-order valence-electron chi connectivity index (χ2n) is 10.0. The van der Waals surface area contributed by atoms with Gasteiger partial charge in [-0.15, -0.1) is 0 Å². The number of benzene rings is 1. The van der Waals surface area contributed by atoms with Gasteiger partial charge in [-0.3, -0.25) is 14.4 Å². The Bertz CT molecular complexity index is 1050. The van der Waals surface area contributed by atoms with E-state index in [0.29, 0.717) is 25.1 Å². The average molecular weight is 544 g/mol. The molecule has 0 saturated carbocycles. The van der Waals surface area contributed by atoms with Gasteiger partial charge in [-0.25, -0.2) is 9.78 Å². The molecule has 2 rings (SSSR count). The van der Waals surface area contributed by atoms with Gasteiger partial charge in [0.15, 0.2) is 0 Å². The summed E-state index contributed by atoms with van der Waals surface area (Å²) in [6.45, 7) is 4.20. The number of carbonyl (C=O) groups is 4. The number of aromatic amines is 1. The molecule has 1 heterocycles. The molecule has 4 atom stereocenters. The van der Waals surface area contributed by atoms with Gasteiger partial charge in [-0.05, 0) is 43.7 Å². The van der Waals surface area contributed by atoms with Crippen LogP contribution in [0.1, 0.15) is 50.8 Å². The van der Waals surface area contributed by atoms with E-state index in [2.05, 4.69) is 25.9 Å². The fourth-order valence-electron chi connectivity index (χ4n) is 4.06. The molecule has 0 bridgehead atoms. The molecule has 1 aromatic heterocycles. The number of nitrogens with one attached hydrogen (secondary N) is 4. The SMILES string of the molecule is CC(C)CC(NC(=O)C(Cc1ccccc1)NC(=O)C(N)Cc1cnc[nH]1)C(=O)NC(CCCCN)C(=O)O. The van der Waals surface area contributed by atoms with Crippen molar-refractivity contribution in [2.75, 3.05) is 6.54 Å². The molecule has 0 aliphatic carbocycles. The summed E-state index contributed by atoms with van der Waals surface area (Å²) in [5, 5.41) is 17.6. The maximum Gasteiger partial charge on any atom is 0.326 e. The van der Waals surface area contributed by atoms with E-state index in [4.69, 9.17) is 11.5 Å². The van der Waals surface area contributed by atoms with Crippen LogP contribution in [0, 0.1) is 5.92 Å². The van der Waals surface area contributed by atoms with Crippen molar-refractivity contribution in [3.8, 4) is 0 Å². The second-order valence-corrected chi connectivity index (χ2v) is 10.0. The van der Waals surface area contributed by atoms with Gasteiger partial charge >= 0.3 is 5.97 Å². The number of H-pyrrole nitrogens is 1. The molecule has 0 aliphatic heterocycles. The minimum atomic E-state index is -1.16.